The lowest BCUT2D eigenvalue weighted by Crippen LogP contribution is -2.43. The van der Waals surface area contributed by atoms with Gasteiger partial charge in [-0.2, -0.15) is 0 Å². The average Bonchev–Trinajstić information content (AvgIpc) is 2.67. The van der Waals surface area contributed by atoms with Crippen molar-refractivity contribution in [3.05, 3.63) is 22.2 Å². The lowest BCUT2D eigenvalue weighted by atomic mass is 10.0. The van der Waals surface area contributed by atoms with Crippen molar-refractivity contribution < 1.29 is 19.7 Å². The molecule has 2 rings (SSSR count). The van der Waals surface area contributed by atoms with Gasteiger partial charge in [0.1, 0.15) is 6.04 Å². The Morgan fingerprint density at radius 1 is 1.50 bits per heavy atom. The first-order valence-corrected chi connectivity index (χ1v) is 7.66. The van der Waals surface area contributed by atoms with Gasteiger partial charge in [0.2, 0.25) is 0 Å². The van der Waals surface area contributed by atoms with Crippen LogP contribution in [0.3, 0.4) is 0 Å². The number of benzene rings is 1. The van der Waals surface area contributed by atoms with Crippen molar-refractivity contribution in [3.63, 3.8) is 0 Å². The summed E-state index contributed by atoms with van der Waals surface area (Å²) in [6, 6.07) is 2.75. The summed E-state index contributed by atoms with van der Waals surface area (Å²) in [5.74, 6) is -0.512. The molecule has 0 amide bonds. The van der Waals surface area contributed by atoms with E-state index in [9.17, 15) is 15.0 Å². The summed E-state index contributed by atoms with van der Waals surface area (Å²) < 4.78 is 5.41. The first-order valence-electron chi connectivity index (χ1n) is 5.99. The number of phenolic OH excluding ortho intramolecular Hbond substituents is 1. The van der Waals surface area contributed by atoms with Crippen molar-refractivity contribution in [1.82, 2.24) is 5.32 Å². The maximum atomic E-state index is 11.3. The summed E-state index contributed by atoms with van der Waals surface area (Å²) >= 11 is 4.83. The van der Waals surface area contributed by atoms with Crippen molar-refractivity contribution in [2.45, 2.75) is 30.0 Å². The molecule has 0 aromatic heterocycles. The van der Waals surface area contributed by atoms with Gasteiger partial charge < -0.3 is 14.9 Å². The molecule has 1 aromatic carbocycles. The predicted molar refractivity (Wildman–Crippen MR) is 81.3 cm³/mol. The van der Waals surface area contributed by atoms with Crippen LogP contribution >= 0.6 is 27.7 Å². The second-order valence-corrected chi connectivity index (χ2v) is 7.76. The molecule has 0 spiro atoms. The maximum absolute atomic E-state index is 11.3. The molecule has 2 atom stereocenters. The Morgan fingerprint density at radius 2 is 2.15 bits per heavy atom. The van der Waals surface area contributed by atoms with Gasteiger partial charge in [-0.3, -0.25) is 10.1 Å². The third kappa shape index (κ3) is 2.75. The Kier molecular flexibility index (Phi) is 4.22. The first kappa shape index (κ1) is 15.5. The third-order valence-electron chi connectivity index (χ3n) is 3.25. The van der Waals surface area contributed by atoms with Crippen LogP contribution in [0.2, 0.25) is 0 Å². The van der Waals surface area contributed by atoms with E-state index in [1.165, 1.54) is 18.9 Å². The van der Waals surface area contributed by atoms with E-state index in [2.05, 4.69) is 21.2 Å². The number of methoxy groups -OCH3 is 1. The van der Waals surface area contributed by atoms with Crippen LogP contribution in [0, 0.1) is 0 Å². The number of carboxylic acids is 1. The fourth-order valence-electron chi connectivity index (χ4n) is 2.23. The fraction of sp³-hybridized carbons (Fsp3) is 0.462. The molecule has 20 heavy (non-hydrogen) atoms. The second kappa shape index (κ2) is 5.46. The summed E-state index contributed by atoms with van der Waals surface area (Å²) in [6.07, 6.45) is 0. The molecule has 3 N–H and O–H groups in total. The van der Waals surface area contributed by atoms with Crippen molar-refractivity contribution in [3.8, 4) is 11.5 Å². The Bertz CT molecular complexity index is 549. The van der Waals surface area contributed by atoms with Crippen LogP contribution in [0.15, 0.2) is 16.6 Å². The summed E-state index contributed by atoms with van der Waals surface area (Å²) in [5, 5.41) is 22.2. The van der Waals surface area contributed by atoms with Crippen LogP contribution in [-0.4, -0.2) is 34.1 Å². The Hall–Kier alpha value is -0.920. The number of aromatic hydroxyl groups is 1. The molecule has 0 radical (unpaired) electrons. The number of rotatable bonds is 3. The SMILES string of the molecule is COc1cc(Br)cc(C2NC(C(=O)O)C(C)(C)S2)c1O. The number of thioether (sulfide) groups is 1. The monoisotopic (exact) mass is 361 g/mol. The molecule has 110 valence electrons. The van der Waals surface area contributed by atoms with E-state index in [1.807, 2.05) is 13.8 Å². The molecule has 1 aromatic rings. The van der Waals surface area contributed by atoms with Crippen LogP contribution in [0.25, 0.3) is 0 Å². The number of carboxylic acid groups (broad SMARTS) is 1. The normalized spacial score (nSPS) is 24.6. The van der Waals surface area contributed by atoms with E-state index in [-0.39, 0.29) is 11.1 Å². The predicted octanol–water partition coefficient (Wildman–Crippen LogP) is 2.73. The molecule has 0 bridgehead atoms. The largest absolute Gasteiger partial charge is 0.504 e. The number of hydrogen-bond acceptors (Lipinski definition) is 5. The number of phenols is 1. The van der Waals surface area contributed by atoms with Crippen LogP contribution in [-0.2, 0) is 4.79 Å². The van der Waals surface area contributed by atoms with Gasteiger partial charge in [0.25, 0.3) is 0 Å². The standard InChI is InChI=1S/C13H16BrNO4S/c1-13(2)10(12(17)18)15-11(20-13)7-4-6(14)5-8(19-3)9(7)16/h4-5,10-11,15-16H,1-3H3,(H,17,18). The summed E-state index contributed by atoms with van der Waals surface area (Å²) in [5.41, 5.74) is 0.609. The highest BCUT2D eigenvalue weighted by Crippen LogP contribution is 2.49. The topological polar surface area (TPSA) is 78.8 Å². The van der Waals surface area contributed by atoms with Gasteiger partial charge in [0, 0.05) is 14.8 Å². The zero-order chi connectivity index (χ0) is 15.1. The number of aliphatic carboxylic acids is 1. The van der Waals surface area contributed by atoms with Gasteiger partial charge in [-0.05, 0) is 26.0 Å². The summed E-state index contributed by atoms with van der Waals surface area (Å²) in [7, 11) is 1.48. The van der Waals surface area contributed by atoms with Crippen LogP contribution < -0.4 is 10.1 Å². The lowest BCUT2D eigenvalue weighted by Gasteiger charge is -2.20. The van der Waals surface area contributed by atoms with Gasteiger partial charge >= 0.3 is 5.97 Å². The minimum Gasteiger partial charge on any atom is -0.504 e. The van der Waals surface area contributed by atoms with Crippen molar-refractivity contribution >= 4 is 33.7 Å². The van der Waals surface area contributed by atoms with E-state index < -0.39 is 16.8 Å². The highest BCUT2D eigenvalue weighted by Gasteiger charge is 2.46. The molecular weight excluding hydrogens is 346 g/mol. The smallest absolute Gasteiger partial charge is 0.322 e. The summed E-state index contributed by atoms with van der Waals surface area (Å²) in [4.78, 5) is 11.3. The number of hydrogen-bond donors (Lipinski definition) is 3. The Balaban J connectivity index is 2.39. The fourth-order valence-corrected chi connectivity index (χ4v) is 4.11. The second-order valence-electron chi connectivity index (χ2n) is 5.09. The van der Waals surface area contributed by atoms with Gasteiger partial charge in [-0.1, -0.05) is 15.9 Å². The van der Waals surface area contributed by atoms with Gasteiger partial charge in [0.15, 0.2) is 11.5 Å². The van der Waals surface area contributed by atoms with Gasteiger partial charge in [-0.25, -0.2) is 0 Å². The molecule has 1 saturated heterocycles. The van der Waals surface area contributed by atoms with E-state index in [4.69, 9.17) is 4.74 Å². The number of ether oxygens (including phenoxy) is 1. The zero-order valence-electron chi connectivity index (χ0n) is 11.3. The molecular formula is C13H16BrNO4S. The molecule has 1 heterocycles. The highest BCUT2D eigenvalue weighted by atomic mass is 79.9. The molecule has 1 aliphatic rings. The average molecular weight is 362 g/mol. The van der Waals surface area contributed by atoms with E-state index in [1.54, 1.807) is 12.1 Å². The van der Waals surface area contributed by atoms with E-state index in [0.717, 1.165) is 4.47 Å². The zero-order valence-corrected chi connectivity index (χ0v) is 13.7. The molecule has 2 unspecified atom stereocenters. The molecule has 1 aliphatic heterocycles. The molecule has 0 aliphatic carbocycles. The van der Waals surface area contributed by atoms with Crippen LogP contribution in [0.4, 0.5) is 0 Å². The number of nitrogens with one attached hydrogen (secondary N) is 1. The maximum Gasteiger partial charge on any atom is 0.322 e. The Morgan fingerprint density at radius 3 is 2.65 bits per heavy atom. The minimum atomic E-state index is -0.897. The third-order valence-corrected chi connectivity index (χ3v) is 5.18. The molecule has 5 nitrogen and oxygen atoms in total. The van der Waals surface area contributed by atoms with E-state index in [0.29, 0.717) is 11.3 Å². The highest BCUT2D eigenvalue weighted by molar-refractivity contribution is 9.10. The number of halogens is 1. The van der Waals surface area contributed by atoms with Crippen molar-refractivity contribution in [2.24, 2.45) is 0 Å². The van der Waals surface area contributed by atoms with Crippen molar-refractivity contribution in [2.75, 3.05) is 7.11 Å². The van der Waals surface area contributed by atoms with Crippen molar-refractivity contribution in [1.29, 1.82) is 0 Å². The molecule has 7 heteroatoms. The lowest BCUT2D eigenvalue weighted by molar-refractivity contribution is -0.139. The van der Waals surface area contributed by atoms with E-state index >= 15 is 0 Å². The quantitative estimate of drug-likeness (QED) is 0.768. The first-order chi connectivity index (χ1) is 9.26. The van der Waals surface area contributed by atoms with Gasteiger partial charge in [-0.15, -0.1) is 11.8 Å². The van der Waals surface area contributed by atoms with Crippen LogP contribution in [0.1, 0.15) is 24.8 Å². The molecule has 0 saturated carbocycles. The Labute approximate surface area is 129 Å². The molecule has 1 fully saturated rings. The minimum absolute atomic E-state index is 0.0301. The number of carbonyl (C=O) groups is 1. The summed E-state index contributed by atoms with van der Waals surface area (Å²) in [6.45, 7) is 3.74. The van der Waals surface area contributed by atoms with Crippen LogP contribution in [0.5, 0.6) is 11.5 Å². The van der Waals surface area contributed by atoms with Gasteiger partial charge in [0.05, 0.1) is 12.5 Å².